The Morgan fingerprint density at radius 3 is 2.37 bits per heavy atom. The molecule has 0 aliphatic heterocycles. The highest BCUT2D eigenvalue weighted by Crippen LogP contribution is 2.35. The zero-order valence-corrected chi connectivity index (χ0v) is 17.5. The van der Waals surface area contributed by atoms with Crippen LogP contribution in [0.3, 0.4) is 0 Å². The van der Waals surface area contributed by atoms with E-state index in [1.165, 1.54) is 11.9 Å². The van der Waals surface area contributed by atoms with Gasteiger partial charge >= 0.3 is 11.6 Å². The van der Waals surface area contributed by atoms with E-state index in [9.17, 15) is 10.1 Å². The van der Waals surface area contributed by atoms with E-state index in [-0.39, 0.29) is 17.4 Å². The number of ether oxygens (including phenoxy) is 1. The van der Waals surface area contributed by atoms with Crippen molar-refractivity contribution in [1.82, 2.24) is 9.97 Å². The predicted molar refractivity (Wildman–Crippen MR) is 118 cm³/mol. The van der Waals surface area contributed by atoms with Crippen LogP contribution in [0, 0.1) is 10.1 Å². The zero-order valence-electron chi connectivity index (χ0n) is 17.5. The normalized spacial score (nSPS) is 10.8. The predicted octanol–water partition coefficient (Wildman–Crippen LogP) is 6.39. The second-order valence-corrected chi connectivity index (χ2v) is 7.38. The van der Waals surface area contributed by atoms with Crippen LogP contribution >= 0.6 is 0 Å². The first-order valence-corrected chi connectivity index (χ1v) is 10.1. The van der Waals surface area contributed by atoms with Crippen LogP contribution in [-0.4, -0.2) is 14.9 Å². The smallest absolute Gasteiger partial charge is 0.373 e. The van der Waals surface area contributed by atoms with E-state index in [1.54, 1.807) is 12.1 Å². The van der Waals surface area contributed by atoms with Gasteiger partial charge in [-0.2, -0.15) is 4.98 Å². The molecule has 0 bridgehead atoms. The summed E-state index contributed by atoms with van der Waals surface area (Å²) in [5, 5.41) is 14.8. The summed E-state index contributed by atoms with van der Waals surface area (Å²) in [5.41, 5.74) is 2.79. The first-order valence-electron chi connectivity index (χ1n) is 10.1. The van der Waals surface area contributed by atoms with Crippen LogP contribution in [-0.2, 0) is 6.42 Å². The zero-order chi connectivity index (χ0) is 21.5. The molecule has 0 amide bonds. The van der Waals surface area contributed by atoms with Crippen molar-refractivity contribution in [2.75, 3.05) is 5.32 Å². The number of nitrogens with one attached hydrogen (secondary N) is 1. The lowest BCUT2D eigenvalue weighted by atomic mass is 10.0. The van der Waals surface area contributed by atoms with E-state index < -0.39 is 4.92 Å². The molecule has 0 spiro atoms. The summed E-state index contributed by atoms with van der Waals surface area (Å²) in [5.74, 6) is 0.850. The summed E-state index contributed by atoms with van der Waals surface area (Å²) in [6, 6.07) is 15.2. The van der Waals surface area contributed by atoms with Gasteiger partial charge in [0.15, 0.2) is 0 Å². The monoisotopic (exact) mass is 406 g/mol. The van der Waals surface area contributed by atoms with Gasteiger partial charge in [0.05, 0.1) is 4.92 Å². The lowest BCUT2D eigenvalue weighted by molar-refractivity contribution is -0.385. The third kappa shape index (κ3) is 5.31. The average Bonchev–Trinajstić information content (AvgIpc) is 2.73. The van der Waals surface area contributed by atoms with Gasteiger partial charge in [-0.3, -0.25) is 10.1 Å². The molecule has 7 nitrogen and oxygen atoms in total. The van der Waals surface area contributed by atoms with Crippen molar-refractivity contribution in [3.63, 3.8) is 0 Å². The van der Waals surface area contributed by atoms with E-state index in [2.05, 4.69) is 36.1 Å². The minimum absolute atomic E-state index is 0.0881. The Morgan fingerprint density at radius 2 is 1.77 bits per heavy atom. The number of nitrogens with zero attached hydrogens (tertiary/aromatic N) is 3. The van der Waals surface area contributed by atoms with Gasteiger partial charge in [0, 0.05) is 5.69 Å². The van der Waals surface area contributed by atoms with Crippen LogP contribution < -0.4 is 10.1 Å². The molecule has 2 aromatic carbocycles. The number of benzene rings is 2. The number of hydrogen-bond donors (Lipinski definition) is 1. The standard InChI is InChI=1S/C23H26N4O3/c1-4-5-6-17-7-11-19(12-8-17)26-22-21(27(28)29)23(25-15-24-22)30-20-13-9-18(10-14-20)16(2)3/h7-16H,4-6H2,1-3H3,(H,24,25,26). The van der Waals surface area contributed by atoms with Gasteiger partial charge in [0.2, 0.25) is 5.82 Å². The summed E-state index contributed by atoms with van der Waals surface area (Å²) in [4.78, 5) is 19.3. The minimum atomic E-state index is -0.532. The second-order valence-electron chi connectivity index (χ2n) is 7.38. The molecule has 0 saturated carbocycles. The van der Waals surface area contributed by atoms with Crippen molar-refractivity contribution < 1.29 is 9.66 Å². The Hall–Kier alpha value is -3.48. The number of unbranched alkanes of at least 4 members (excludes halogenated alkanes) is 1. The summed E-state index contributed by atoms with van der Waals surface area (Å²) in [7, 11) is 0. The van der Waals surface area contributed by atoms with Crippen LogP contribution in [0.15, 0.2) is 54.9 Å². The number of aromatic nitrogens is 2. The van der Waals surface area contributed by atoms with Gasteiger partial charge in [-0.05, 0) is 54.2 Å². The van der Waals surface area contributed by atoms with Crippen molar-refractivity contribution >= 4 is 17.2 Å². The molecule has 0 unspecified atom stereocenters. The highest BCUT2D eigenvalue weighted by atomic mass is 16.6. The fraction of sp³-hybridized carbons (Fsp3) is 0.304. The third-order valence-corrected chi connectivity index (χ3v) is 4.77. The van der Waals surface area contributed by atoms with E-state index in [0.29, 0.717) is 17.4 Å². The molecule has 156 valence electrons. The molecule has 3 aromatic rings. The average molecular weight is 406 g/mol. The number of hydrogen-bond acceptors (Lipinski definition) is 6. The highest BCUT2D eigenvalue weighted by Gasteiger charge is 2.25. The molecule has 0 fully saturated rings. The first kappa shape index (κ1) is 21.2. The molecule has 30 heavy (non-hydrogen) atoms. The SMILES string of the molecule is CCCCc1ccc(Nc2ncnc(Oc3ccc(C(C)C)cc3)c2[N+](=O)[O-])cc1. The van der Waals surface area contributed by atoms with Gasteiger partial charge in [-0.15, -0.1) is 0 Å². The molecule has 1 N–H and O–H groups in total. The Morgan fingerprint density at radius 1 is 1.07 bits per heavy atom. The third-order valence-electron chi connectivity index (χ3n) is 4.77. The van der Waals surface area contributed by atoms with Gasteiger partial charge in [0.25, 0.3) is 0 Å². The lowest BCUT2D eigenvalue weighted by Gasteiger charge is -2.11. The van der Waals surface area contributed by atoms with E-state index in [4.69, 9.17) is 4.74 Å². The first-order chi connectivity index (χ1) is 14.5. The molecule has 1 heterocycles. The Balaban J connectivity index is 1.83. The summed E-state index contributed by atoms with van der Waals surface area (Å²) in [6.45, 7) is 6.35. The molecule has 0 saturated heterocycles. The van der Waals surface area contributed by atoms with Crippen LogP contribution in [0.2, 0.25) is 0 Å². The maximum atomic E-state index is 11.7. The maximum absolute atomic E-state index is 11.7. The second kappa shape index (κ2) is 9.82. The van der Waals surface area contributed by atoms with Crippen molar-refractivity contribution in [2.45, 2.75) is 46.0 Å². The molecular weight excluding hydrogens is 380 g/mol. The Kier molecular flexibility index (Phi) is 6.95. The van der Waals surface area contributed by atoms with Gasteiger partial charge in [-0.1, -0.05) is 51.5 Å². The van der Waals surface area contributed by atoms with Crippen molar-refractivity contribution in [1.29, 1.82) is 0 Å². The van der Waals surface area contributed by atoms with E-state index in [0.717, 1.165) is 24.8 Å². The molecular formula is C23H26N4O3. The van der Waals surface area contributed by atoms with Crippen molar-refractivity contribution in [2.24, 2.45) is 0 Å². The Labute approximate surface area is 176 Å². The summed E-state index contributed by atoms with van der Waals surface area (Å²) in [6.07, 6.45) is 4.53. The topological polar surface area (TPSA) is 90.2 Å². The number of nitro groups is 1. The van der Waals surface area contributed by atoms with E-state index >= 15 is 0 Å². The van der Waals surface area contributed by atoms with Crippen LogP contribution in [0.25, 0.3) is 0 Å². The molecule has 7 heteroatoms. The Bertz CT molecular complexity index is 986. The van der Waals surface area contributed by atoms with Crippen LogP contribution in [0.4, 0.5) is 17.2 Å². The maximum Gasteiger partial charge on any atom is 0.373 e. The molecule has 0 aliphatic rings. The summed E-state index contributed by atoms with van der Waals surface area (Å²) >= 11 is 0. The fourth-order valence-corrected chi connectivity index (χ4v) is 3.00. The quantitative estimate of drug-likeness (QED) is 0.327. The lowest BCUT2D eigenvalue weighted by Crippen LogP contribution is -2.03. The number of rotatable bonds is 9. The fourth-order valence-electron chi connectivity index (χ4n) is 3.00. The number of aryl methyl sites for hydroxylation is 1. The minimum Gasteiger partial charge on any atom is -0.434 e. The van der Waals surface area contributed by atoms with Crippen molar-refractivity contribution in [3.05, 3.63) is 76.1 Å². The number of anilines is 2. The summed E-state index contributed by atoms with van der Waals surface area (Å²) < 4.78 is 5.71. The van der Waals surface area contributed by atoms with Gasteiger partial charge in [0.1, 0.15) is 12.1 Å². The van der Waals surface area contributed by atoms with E-state index in [1.807, 2.05) is 36.4 Å². The molecule has 1 aromatic heterocycles. The molecule has 0 atom stereocenters. The van der Waals surface area contributed by atoms with Crippen LogP contribution in [0.1, 0.15) is 50.7 Å². The molecule has 0 radical (unpaired) electrons. The van der Waals surface area contributed by atoms with Gasteiger partial charge < -0.3 is 10.1 Å². The molecule has 3 rings (SSSR count). The van der Waals surface area contributed by atoms with Crippen LogP contribution in [0.5, 0.6) is 11.6 Å². The largest absolute Gasteiger partial charge is 0.434 e. The van der Waals surface area contributed by atoms with Crippen molar-refractivity contribution in [3.8, 4) is 11.6 Å². The van der Waals surface area contributed by atoms with Gasteiger partial charge in [-0.25, -0.2) is 4.98 Å². The highest BCUT2D eigenvalue weighted by molar-refractivity contribution is 5.68. The molecule has 0 aliphatic carbocycles.